The fraction of sp³-hybridized carbons (Fsp3) is 0.0455. The Labute approximate surface area is 157 Å². The van der Waals surface area contributed by atoms with Gasteiger partial charge in [0, 0.05) is 6.08 Å². The normalized spacial score (nSPS) is 10.7. The molecule has 0 aliphatic carbocycles. The maximum Gasteiger partial charge on any atom is 0.248 e. The van der Waals surface area contributed by atoms with Crippen molar-refractivity contribution in [1.29, 1.82) is 0 Å². The highest BCUT2D eigenvalue weighted by molar-refractivity contribution is 6.33. The van der Waals surface area contributed by atoms with E-state index in [4.69, 9.17) is 16.3 Å². The zero-order chi connectivity index (χ0) is 18.2. The average Bonchev–Trinajstić information content (AvgIpc) is 2.68. The molecule has 3 aromatic rings. The van der Waals surface area contributed by atoms with E-state index in [0.717, 1.165) is 16.9 Å². The number of nitrogens with one attached hydrogen (secondary N) is 1. The minimum atomic E-state index is -0.234. The van der Waals surface area contributed by atoms with Crippen LogP contribution >= 0.6 is 11.6 Å². The molecule has 4 heteroatoms. The monoisotopic (exact) mass is 363 g/mol. The van der Waals surface area contributed by atoms with Crippen molar-refractivity contribution in [3.05, 3.63) is 101 Å². The molecule has 1 N–H and O–H groups in total. The summed E-state index contributed by atoms with van der Waals surface area (Å²) in [6.07, 6.45) is 3.22. The number of hydrogen-bond donors (Lipinski definition) is 1. The van der Waals surface area contributed by atoms with Crippen molar-refractivity contribution in [2.24, 2.45) is 0 Å². The Bertz CT molecular complexity index is 890. The second-order valence-corrected chi connectivity index (χ2v) is 6.05. The fourth-order valence-corrected chi connectivity index (χ4v) is 2.51. The van der Waals surface area contributed by atoms with Crippen LogP contribution in [0.4, 0.5) is 5.69 Å². The second-order valence-electron chi connectivity index (χ2n) is 5.65. The van der Waals surface area contributed by atoms with Crippen LogP contribution in [0.3, 0.4) is 0 Å². The van der Waals surface area contributed by atoms with Crippen molar-refractivity contribution in [1.82, 2.24) is 0 Å². The molecular weight excluding hydrogens is 346 g/mol. The molecule has 0 saturated heterocycles. The van der Waals surface area contributed by atoms with Gasteiger partial charge < -0.3 is 10.1 Å². The van der Waals surface area contributed by atoms with Crippen LogP contribution in [-0.2, 0) is 11.4 Å². The van der Waals surface area contributed by atoms with Crippen LogP contribution in [0, 0.1) is 0 Å². The van der Waals surface area contributed by atoms with Gasteiger partial charge in [0.25, 0.3) is 0 Å². The zero-order valence-electron chi connectivity index (χ0n) is 14.1. The van der Waals surface area contributed by atoms with Gasteiger partial charge in [0.15, 0.2) is 0 Å². The van der Waals surface area contributed by atoms with E-state index in [1.54, 1.807) is 18.2 Å². The maximum absolute atomic E-state index is 12.0. The topological polar surface area (TPSA) is 38.3 Å². The molecule has 3 rings (SSSR count). The molecule has 0 spiro atoms. The minimum absolute atomic E-state index is 0.234. The van der Waals surface area contributed by atoms with Crippen LogP contribution in [0.2, 0.25) is 5.02 Å². The lowest BCUT2D eigenvalue weighted by molar-refractivity contribution is -0.111. The van der Waals surface area contributed by atoms with E-state index in [1.807, 2.05) is 66.7 Å². The Morgan fingerprint density at radius 1 is 0.923 bits per heavy atom. The highest BCUT2D eigenvalue weighted by Crippen LogP contribution is 2.20. The van der Waals surface area contributed by atoms with E-state index in [0.29, 0.717) is 17.3 Å². The van der Waals surface area contributed by atoms with Gasteiger partial charge in [0.1, 0.15) is 12.4 Å². The van der Waals surface area contributed by atoms with Crippen LogP contribution in [-0.4, -0.2) is 5.91 Å². The molecule has 0 heterocycles. The summed E-state index contributed by atoms with van der Waals surface area (Å²) in [5.74, 6) is 0.550. The standard InChI is InChI=1S/C22H18ClNO2/c23-20-8-4-5-9-21(20)24-22(25)15-12-17-10-13-19(14-11-17)26-16-18-6-2-1-3-7-18/h1-15H,16H2,(H,24,25)/b15-12+. The van der Waals surface area contributed by atoms with E-state index in [1.165, 1.54) is 6.08 Å². The number of benzene rings is 3. The quantitative estimate of drug-likeness (QED) is 0.581. The van der Waals surface area contributed by atoms with Crippen LogP contribution < -0.4 is 10.1 Å². The molecule has 0 atom stereocenters. The first-order valence-electron chi connectivity index (χ1n) is 8.21. The van der Waals surface area contributed by atoms with E-state index in [9.17, 15) is 4.79 Å². The number of rotatable bonds is 6. The molecular formula is C22H18ClNO2. The van der Waals surface area contributed by atoms with Gasteiger partial charge in [-0.1, -0.05) is 66.2 Å². The third-order valence-corrected chi connectivity index (χ3v) is 4.02. The Hall–Kier alpha value is -3.04. The summed E-state index contributed by atoms with van der Waals surface area (Å²) >= 11 is 6.02. The maximum atomic E-state index is 12.0. The van der Waals surface area contributed by atoms with Gasteiger partial charge in [0.05, 0.1) is 10.7 Å². The molecule has 0 saturated carbocycles. The van der Waals surface area contributed by atoms with Gasteiger partial charge >= 0.3 is 0 Å². The summed E-state index contributed by atoms with van der Waals surface area (Å²) in [6.45, 7) is 0.524. The van der Waals surface area contributed by atoms with E-state index < -0.39 is 0 Å². The second kappa shape index (κ2) is 8.88. The summed E-state index contributed by atoms with van der Waals surface area (Å²) in [6, 6.07) is 24.7. The fourth-order valence-electron chi connectivity index (χ4n) is 2.32. The highest BCUT2D eigenvalue weighted by atomic mass is 35.5. The molecule has 0 fully saturated rings. The zero-order valence-corrected chi connectivity index (χ0v) is 14.8. The SMILES string of the molecule is O=C(/C=C/c1ccc(OCc2ccccc2)cc1)Nc1ccccc1Cl. The van der Waals surface area contributed by atoms with Crippen LogP contribution in [0.5, 0.6) is 5.75 Å². The molecule has 0 aromatic heterocycles. The first-order chi connectivity index (χ1) is 12.7. The van der Waals surface area contributed by atoms with Crippen molar-refractivity contribution >= 4 is 29.3 Å². The first-order valence-corrected chi connectivity index (χ1v) is 8.59. The number of para-hydroxylation sites is 1. The van der Waals surface area contributed by atoms with Gasteiger partial charge in [-0.05, 0) is 41.5 Å². The minimum Gasteiger partial charge on any atom is -0.489 e. The van der Waals surface area contributed by atoms with Gasteiger partial charge in [-0.15, -0.1) is 0 Å². The number of amides is 1. The number of carbonyl (C=O) groups is 1. The molecule has 3 nitrogen and oxygen atoms in total. The molecule has 0 unspecified atom stereocenters. The lowest BCUT2D eigenvalue weighted by atomic mass is 10.2. The number of halogens is 1. The van der Waals surface area contributed by atoms with Crippen molar-refractivity contribution < 1.29 is 9.53 Å². The first kappa shape index (κ1) is 17.8. The summed E-state index contributed by atoms with van der Waals surface area (Å²) in [4.78, 5) is 12.0. The van der Waals surface area contributed by atoms with Crippen LogP contribution in [0.1, 0.15) is 11.1 Å². The summed E-state index contributed by atoms with van der Waals surface area (Å²) in [5, 5.41) is 3.26. The van der Waals surface area contributed by atoms with Gasteiger partial charge in [-0.3, -0.25) is 4.79 Å². The Morgan fingerprint density at radius 2 is 1.62 bits per heavy atom. The van der Waals surface area contributed by atoms with Crippen molar-refractivity contribution in [3.8, 4) is 5.75 Å². The van der Waals surface area contributed by atoms with Crippen LogP contribution in [0.25, 0.3) is 6.08 Å². The van der Waals surface area contributed by atoms with E-state index in [-0.39, 0.29) is 5.91 Å². The molecule has 3 aromatic carbocycles. The lowest BCUT2D eigenvalue weighted by Gasteiger charge is -2.06. The molecule has 1 amide bonds. The number of hydrogen-bond acceptors (Lipinski definition) is 2. The summed E-state index contributed by atoms with van der Waals surface area (Å²) in [5.41, 5.74) is 2.62. The Balaban J connectivity index is 1.54. The molecule has 0 aliphatic heterocycles. The molecule has 0 radical (unpaired) electrons. The lowest BCUT2D eigenvalue weighted by Crippen LogP contribution is -2.07. The Morgan fingerprint density at radius 3 is 2.35 bits per heavy atom. The number of ether oxygens (including phenoxy) is 1. The number of anilines is 1. The van der Waals surface area contributed by atoms with Crippen LogP contribution in [0.15, 0.2) is 84.9 Å². The molecule has 26 heavy (non-hydrogen) atoms. The van der Waals surface area contributed by atoms with E-state index in [2.05, 4.69) is 5.32 Å². The van der Waals surface area contributed by atoms with Gasteiger partial charge in [-0.2, -0.15) is 0 Å². The predicted molar refractivity (Wildman–Crippen MR) is 106 cm³/mol. The van der Waals surface area contributed by atoms with Crippen molar-refractivity contribution in [2.45, 2.75) is 6.61 Å². The predicted octanol–water partition coefficient (Wildman–Crippen LogP) is 5.57. The Kier molecular flexibility index (Phi) is 6.07. The van der Waals surface area contributed by atoms with Gasteiger partial charge in [-0.25, -0.2) is 0 Å². The van der Waals surface area contributed by atoms with E-state index >= 15 is 0 Å². The van der Waals surface area contributed by atoms with Crippen molar-refractivity contribution in [3.63, 3.8) is 0 Å². The van der Waals surface area contributed by atoms with Gasteiger partial charge in [0.2, 0.25) is 5.91 Å². The molecule has 0 bridgehead atoms. The summed E-state index contributed by atoms with van der Waals surface area (Å²) < 4.78 is 5.75. The smallest absolute Gasteiger partial charge is 0.248 e. The third-order valence-electron chi connectivity index (χ3n) is 3.69. The number of carbonyl (C=O) groups excluding carboxylic acids is 1. The largest absolute Gasteiger partial charge is 0.489 e. The summed E-state index contributed by atoms with van der Waals surface area (Å²) in [7, 11) is 0. The van der Waals surface area contributed by atoms with Crippen molar-refractivity contribution in [2.75, 3.05) is 5.32 Å². The molecule has 0 aliphatic rings. The highest BCUT2D eigenvalue weighted by Gasteiger charge is 2.02. The molecule has 130 valence electrons. The average molecular weight is 364 g/mol. The third kappa shape index (κ3) is 5.23.